The number of fused-ring (bicyclic) bond motifs is 1. The Bertz CT molecular complexity index is 765. The van der Waals surface area contributed by atoms with E-state index in [1.54, 1.807) is 23.5 Å². The number of benzene rings is 2. The van der Waals surface area contributed by atoms with Crippen LogP contribution in [0.15, 0.2) is 46.9 Å². The van der Waals surface area contributed by atoms with Gasteiger partial charge in [-0.25, -0.2) is 4.98 Å². The lowest BCUT2D eigenvalue weighted by molar-refractivity contribution is 0.100. The fourth-order valence-corrected chi connectivity index (χ4v) is 3.07. The maximum Gasteiger partial charge on any atom is 0.248 e. The Balaban J connectivity index is 2.11. The van der Waals surface area contributed by atoms with E-state index >= 15 is 0 Å². The standard InChI is InChI=1S/C14H9BrN2OS/c15-10-4-1-8(2-5-10)14-17-11-6-3-9(13(16)18)7-12(11)19-14/h1-7H,(H2,16,18). The van der Waals surface area contributed by atoms with E-state index in [-0.39, 0.29) is 0 Å². The molecule has 94 valence electrons. The Morgan fingerprint density at radius 2 is 1.89 bits per heavy atom. The Kier molecular flexibility index (Phi) is 3.08. The number of primary amides is 1. The summed E-state index contributed by atoms with van der Waals surface area (Å²) in [6.45, 7) is 0. The number of hydrogen-bond acceptors (Lipinski definition) is 3. The topological polar surface area (TPSA) is 56.0 Å². The van der Waals surface area contributed by atoms with Crippen molar-refractivity contribution in [3.05, 3.63) is 52.5 Å². The van der Waals surface area contributed by atoms with Gasteiger partial charge in [0.25, 0.3) is 0 Å². The minimum Gasteiger partial charge on any atom is -0.366 e. The number of hydrogen-bond donors (Lipinski definition) is 1. The smallest absolute Gasteiger partial charge is 0.248 e. The third kappa shape index (κ3) is 2.39. The SMILES string of the molecule is NC(=O)c1ccc2nc(-c3ccc(Br)cc3)sc2c1. The minimum absolute atomic E-state index is 0.416. The summed E-state index contributed by atoms with van der Waals surface area (Å²) in [6.07, 6.45) is 0. The predicted octanol–water partition coefficient (Wildman–Crippen LogP) is 3.82. The van der Waals surface area contributed by atoms with Crippen LogP contribution in [0.5, 0.6) is 0 Å². The van der Waals surface area contributed by atoms with Crippen molar-refractivity contribution >= 4 is 43.4 Å². The zero-order chi connectivity index (χ0) is 13.4. The third-order valence-electron chi connectivity index (χ3n) is 2.76. The average molecular weight is 333 g/mol. The lowest BCUT2D eigenvalue weighted by atomic mass is 10.2. The second-order valence-corrected chi connectivity index (χ2v) is 6.02. The van der Waals surface area contributed by atoms with Gasteiger partial charge in [-0.2, -0.15) is 0 Å². The van der Waals surface area contributed by atoms with E-state index in [2.05, 4.69) is 20.9 Å². The highest BCUT2D eigenvalue weighted by molar-refractivity contribution is 9.10. The third-order valence-corrected chi connectivity index (χ3v) is 4.36. The maximum atomic E-state index is 11.2. The largest absolute Gasteiger partial charge is 0.366 e. The van der Waals surface area contributed by atoms with Crippen LogP contribution < -0.4 is 5.73 Å². The molecular weight excluding hydrogens is 324 g/mol. The molecule has 5 heteroatoms. The van der Waals surface area contributed by atoms with Crippen molar-refractivity contribution in [3.63, 3.8) is 0 Å². The molecule has 0 aliphatic carbocycles. The Labute approximate surface area is 122 Å². The normalized spacial score (nSPS) is 10.8. The van der Waals surface area contributed by atoms with Crippen LogP contribution in [0.2, 0.25) is 0 Å². The van der Waals surface area contributed by atoms with Gasteiger partial charge >= 0.3 is 0 Å². The molecule has 0 unspecified atom stereocenters. The van der Waals surface area contributed by atoms with Crippen molar-refractivity contribution in [2.24, 2.45) is 5.73 Å². The van der Waals surface area contributed by atoms with E-state index < -0.39 is 5.91 Å². The van der Waals surface area contributed by atoms with Gasteiger partial charge < -0.3 is 5.73 Å². The Hall–Kier alpha value is -1.72. The molecule has 1 aromatic heterocycles. The summed E-state index contributed by atoms with van der Waals surface area (Å²) < 4.78 is 2.00. The van der Waals surface area contributed by atoms with Crippen molar-refractivity contribution in [3.8, 4) is 10.6 Å². The van der Waals surface area contributed by atoms with Gasteiger partial charge in [-0.1, -0.05) is 28.1 Å². The van der Waals surface area contributed by atoms with Crippen molar-refractivity contribution in [1.29, 1.82) is 0 Å². The van der Waals surface area contributed by atoms with E-state index in [1.165, 1.54) is 0 Å². The van der Waals surface area contributed by atoms with Gasteiger partial charge in [-0.3, -0.25) is 4.79 Å². The minimum atomic E-state index is -0.416. The zero-order valence-electron chi connectivity index (χ0n) is 9.76. The molecule has 0 aliphatic rings. The van der Waals surface area contributed by atoms with Crippen molar-refractivity contribution in [1.82, 2.24) is 4.98 Å². The van der Waals surface area contributed by atoms with E-state index in [4.69, 9.17) is 5.73 Å². The number of amides is 1. The lowest BCUT2D eigenvalue weighted by Crippen LogP contribution is -2.10. The first-order valence-electron chi connectivity index (χ1n) is 5.60. The summed E-state index contributed by atoms with van der Waals surface area (Å²) in [5.74, 6) is -0.416. The van der Waals surface area contributed by atoms with Crippen LogP contribution in [-0.4, -0.2) is 10.9 Å². The lowest BCUT2D eigenvalue weighted by Gasteiger charge is -1.94. The van der Waals surface area contributed by atoms with Gasteiger partial charge in [-0.15, -0.1) is 11.3 Å². The van der Waals surface area contributed by atoms with Gasteiger partial charge in [0.2, 0.25) is 5.91 Å². The first kappa shape index (κ1) is 12.3. The number of carbonyl (C=O) groups excluding carboxylic acids is 1. The fourth-order valence-electron chi connectivity index (χ4n) is 1.79. The number of rotatable bonds is 2. The van der Waals surface area contributed by atoms with Gasteiger partial charge in [-0.05, 0) is 30.3 Å². The zero-order valence-corrected chi connectivity index (χ0v) is 12.2. The molecule has 3 rings (SSSR count). The van der Waals surface area contributed by atoms with Crippen LogP contribution in [0.3, 0.4) is 0 Å². The summed E-state index contributed by atoms with van der Waals surface area (Å²) >= 11 is 4.96. The number of halogens is 1. The van der Waals surface area contributed by atoms with E-state index in [1.807, 2.05) is 30.3 Å². The molecule has 19 heavy (non-hydrogen) atoms. The molecule has 2 aromatic carbocycles. The molecule has 2 N–H and O–H groups in total. The molecule has 0 saturated heterocycles. The quantitative estimate of drug-likeness (QED) is 0.775. The number of nitrogens with zero attached hydrogens (tertiary/aromatic N) is 1. The molecule has 0 bridgehead atoms. The highest BCUT2D eigenvalue weighted by Gasteiger charge is 2.08. The number of aromatic nitrogens is 1. The molecule has 0 saturated carbocycles. The van der Waals surface area contributed by atoms with Gasteiger partial charge in [0.15, 0.2) is 0 Å². The Morgan fingerprint density at radius 3 is 2.58 bits per heavy atom. The average Bonchev–Trinajstić information content (AvgIpc) is 2.82. The van der Waals surface area contributed by atoms with Crippen LogP contribution in [0.25, 0.3) is 20.8 Å². The van der Waals surface area contributed by atoms with Crippen LogP contribution >= 0.6 is 27.3 Å². The second-order valence-electron chi connectivity index (χ2n) is 4.07. The monoisotopic (exact) mass is 332 g/mol. The number of carbonyl (C=O) groups is 1. The highest BCUT2D eigenvalue weighted by Crippen LogP contribution is 2.31. The first-order valence-corrected chi connectivity index (χ1v) is 7.21. The van der Waals surface area contributed by atoms with E-state index in [0.717, 1.165) is 25.3 Å². The Morgan fingerprint density at radius 1 is 1.16 bits per heavy atom. The van der Waals surface area contributed by atoms with Gasteiger partial charge in [0.1, 0.15) is 5.01 Å². The molecule has 1 heterocycles. The van der Waals surface area contributed by atoms with Gasteiger partial charge in [0, 0.05) is 15.6 Å². The molecule has 0 spiro atoms. The molecule has 0 radical (unpaired) electrons. The van der Waals surface area contributed by atoms with Crippen molar-refractivity contribution in [2.75, 3.05) is 0 Å². The number of nitrogens with two attached hydrogens (primary N) is 1. The predicted molar refractivity (Wildman–Crippen MR) is 81.3 cm³/mol. The van der Waals surface area contributed by atoms with Crippen LogP contribution in [0.4, 0.5) is 0 Å². The van der Waals surface area contributed by atoms with E-state index in [9.17, 15) is 4.79 Å². The summed E-state index contributed by atoms with van der Waals surface area (Å²) in [6, 6.07) is 13.3. The van der Waals surface area contributed by atoms with Crippen LogP contribution in [-0.2, 0) is 0 Å². The summed E-state index contributed by atoms with van der Waals surface area (Å²) in [5.41, 5.74) is 7.73. The highest BCUT2D eigenvalue weighted by atomic mass is 79.9. The number of thiazole rings is 1. The molecule has 0 aliphatic heterocycles. The van der Waals surface area contributed by atoms with Gasteiger partial charge in [0.05, 0.1) is 10.2 Å². The molecule has 0 atom stereocenters. The molecular formula is C14H9BrN2OS. The first-order chi connectivity index (χ1) is 9.13. The summed E-state index contributed by atoms with van der Waals surface area (Å²) in [4.78, 5) is 15.7. The molecule has 3 nitrogen and oxygen atoms in total. The summed E-state index contributed by atoms with van der Waals surface area (Å²) in [5, 5.41) is 0.934. The molecule has 1 amide bonds. The van der Waals surface area contributed by atoms with Crippen LogP contribution in [0, 0.1) is 0 Å². The van der Waals surface area contributed by atoms with Crippen molar-refractivity contribution < 1.29 is 4.79 Å². The second kappa shape index (κ2) is 4.75. The fraction of sp³-hybridized carbons (Fsp3) is 0. The van der Waals surface area contributed by atoms with Crippen molar-refractivity contribution in [2.45, 2.75) is 0 Å². The molecule has 0 fully saturated rings. The summed E-state index contributed by atoms with van der Waals surface area (Å²) in [7, 11) is 0. The van der Waals surface area contributed by atoms with Crippen LogP contribution in [0.1, 0.15) is 10.4 Å². The van der Waals surface area contributed by atoms with E-state index in [0.29, 0.717) is 5.56 Å². The molecule has 3 aromatic rings. The maximum absolute atomic E-state index is 11.2.